The maximum atomic E-state index is 12.0. The van der Waals surface area contributed by atoms with Crippen molar-refractivity contribution in [2.45, 2.75) is 31.7 Å². The van der Waals surface area contributed by atoms with Crippen LogP contribution in [0.4, 0.5) is 0 Å². The Morgan fingerprint density at radius 3 is 2.18 bits per heavy atom. The zero-order valence-corrected chi connectivity index (χ0v) is 14.6. The molecule has 0 fully saturated rings. The van der Waals surface area contributed by atoms with E-state index >= 15 is 0 Å². The average Bonchev–Trinajstić information content (AvgIpc) is 2.43. The van der Waals surface area contributed by atoms with Crippen molar-refractivity contribution in [1.82, 2.24) is 10.0 Å². The number of carbonyl (C=O) groups is 1. The highest BCUT2D eigenvalue weighted by Crippen LogP contribution is 2.11. The van der Waals surface area contributed by atoms with Gasteiger partial charge in [-0.1, -0.05) is 6.92 Å². The van der Waals surface area contributed by atoms with Crippen molar-refractivity contribution in [2.24, 2.45) is 11.7 Å². The molecule has 1 unspecified atom stereocenters. The molecule has 0 saturated carbocycles. The third-order valence-corrected chi connectivity index (χ3v) is 4.51. The number of halogens is 1. The summed E-state index contributed by atoms with van der Waals surface area (Å²) < 4.78 is 26.4. The van der Waals surface area contributed by atoms with Gasteiger partial charge in [0.05, 0.1) is 4.90 Å². The number of sulfonamides is 1. The second kappa shape index (κ2) is 9.09. The third-order valence-electron chi connectivity index (χ3n) is 2.83. The van der Waals surface area contributed by atoms with Gasteiger partial charge in [-0.15, -0.1) is 12.4 Å². The van der Waals surface area contributed by atoms with Crippen molar-refractivity contribution in [1.29, 1.82) is 0 Å². The van der Waals surface area contributed by atoms with Gasteiger partial charge in [-0.3, -0.25) is 4.79 Å². The molecule has 1 aromatic rings. The number of rotatable bonds is 7. The number of hydrogen-bond acceptors (Lipinski definition) is 4. The van der Waals surface area contributed by atoms with Gasteiger partial charge in [-0.2, -0.15) is 0 Å². The van der Waals surface area contributed by atoms with E-state index in [1.165, 1.54) is 24.3 Å². The lowest BCUT2D eigenvalue weighted by Crippen LogP contribution is -2.31. The first-order valence-corrected chi connectivity index (χ1v) is 8.35. The molecule has 0 saturated heterocycles. The highest BCUT2D eigenvalue weighted by Gasteiger charge is 2.16. The first-order valence-electron chi connectivity index (χ1n) is 6.87. The van der Waals surface area contributed by atoms with Crippen LogP contribution < -0.4 is 15.8 Å². The molecule has 0 spiro atoms. The molecule has 1 atom stereocenters. The monoisotopic (exact) mass is 349 g/mol. The van der Waals surface area contributed by atoms with Crippen LogP contribution in [0.3, 0.4) is 0 Å². The van der Waals surface area contributed by atoms with Gasteiger partial charge in [0.2, 0.25) is 10.0 Å². The Hall–Kier alpha value is -1.15. The molecule has 1 aromatic carbocycles. The SMILES string of the molecule is CC(CN)CNC(=O)c1ccc(S(=O)(=O)NC(C)C)cc1.Cl. The van der Waals surface area contributed by atoms with Crippen molar-refractivity contribution in [3.8, 4) is 0 Å². The highest BCUT2D eigenvalue weighted by atomic mass is 35.5. The summed E-state index contributed by atoms with van der Waals surface area (Å²) in [6, 6.07) is 5.66. The fraction of sp³-hybridized carbons (Fsp3) is 0.500. The molecule has 0 bridgehead atoms. The Balaban J connectivity index is 0.00000441. The minimum atomic E-state index is -3.53. The van der Waals surface area contributed by atoms with Gasteiger partial charge in [-0.25, -0.2) is 13.1 Å². The van der Waals surface area contributed by atoms with Crippen molar-refractivity contribution >= 4 is 28.3 Å². The summed E-state index contributed by atoms with van der Waals surface area (Å²) in [5, 5.41) is 2.76. The molecule has 0 radical (unpaired) electrons. The van der Waals surface area contributed by atoms with Crippen LogP contribution in [0.25, 0.3) is 0 Å². The average molecular weight is 350 g/mol. The maximum Gasteiger partial charge on any atom is 0.251 e. The molecule has 1 amide bonds. The van der Waals surface area contributed by atoms with E-state index in [2.05, 4.69) is 10.0 Å². The lowest BCUT2D eigenvalue weighted by molar-refractivity contribution is 0.0948. The molecule has 0 aliphatic heterocycles. The van der Waals surface area contributed by atoms with E-state index < -0.39 is 10.0 Å². The fourth-order valence-electron chi connectivity index (χ4n) is 1.62. The van der Waals surface area contributed by atoms with E-state index in [9.17, 15) is 13.2 Å². The standard InChI is InChI=1S/C14H23N3O3S.ClH/c1-10(2)17-21(19,20)13-6-4-12(5-7-13)14(18)16-9-11(3)8-15;/h4-7,10-11,17H,8-9,15H2,1-3H3,(H,16,18);1H. The molecule has 6 nitrogen and oxygen atoms in total. The van der Waals surface area contributed by atoms with Gasteiger partial charge in [0.25, 0.3) is 5.91 Å². The Morgan fingerprint density at radius 1 is 1.18 bits per heavy atom. The van der Waals surface area contributed by atoms with Crippen LogP contribution in [0, 0.1) is 5.92 Å². The van der Waals surface area contributed by atoms with Gasteiger partial charge < -0.3 is 11.1 Å². The Kier molecular flexibility index (Phi) is 8.62. The molecule has 0 heterocycles. The zero-order valence-electron chi connectivity index (χ0n) is 13.0. The Bertz CT molecular complexity index is 574. The van der Waals surface area contributed by atoms with E-state index in [0.29, 0.717) is 18.7 Å². The summed E-state index contributed by atoms with van der Waals surface area (Å²) >= 11 is 0. The molecule has 0 aliphatic carbocycles. The number of carbonyl (C=O) groups excluding carboxylic acids is 1. The van der Waals surface area contributed by atoms with E-state index in [1.807, 2.05) is 6.92 Å². The summed E-state index contributed by atoms with van der Waals surface area (Å²) in [5.74, 6) is -0.0418. The minimum absolute atomic E-state index is 0. The van der Waals surface area contributed by atoms with E-state index in [0.717, 1.165) is 0 Å². The number of amides is 1. The third kappa shape index (κ3) is 6.31. The van der Waals surface area contributed by atoms with Crippen LogP contribution in [-0.4, -0.2) is 33.5 Å². The minimum Gasteiger partial charge on any atom is -0.352 e. The van der Waals surface area contributed by atoms with Gasteiger partial charge in [0, 0.05) is 18.2 Å². The van der Waals surface area contributed by atoms with E-state index in [-0.39, 0.29) is 35.2 Å². The number of hydrogen-bond donors (Lipinski definition) is 3. The molecule has 0 aliphatic rings. The predicted molar refractivity (Wildman–Crippen MR) is 89.7 cm³/mol. The molecule has 4 N–H and O–H groups in total. The van der Waals surface area contributed by atoms with Crippen molar-refractivity contribution < 1.29 is 13.2 Å². The van der Waals surface area contributed by atoms with Crippen LogP contribution in [-0.2, 0) is 10.0 Å². The van der Waals surface area contributed by atoms with Crippen LogP contribution in [0.15, 0.2) is 29.2 Å². The molecule has 0 aromatic heterocycles. The van der Waals surface area contributed by atoms with Gasteiger partial charge in [-0.05, 0) is 50.6 Å². The van der Waals surface area contributed by atoms with Gasteiger partial charge in [0.1, 0.15) is 0 Å². The number of benzene rings is 1. The van der Waals surface area contributed by atoms with Crippen LogP contribution in [0.1, 0.15) is 31.1 Å². The molecular formula is C14H24ClN3O3S. The Labute approximate surface area is 138 Å². The molecule has 8 heteroatoms. The second-order valence-corrected chi connectivity index (χ2v) is 7.07. The molecular weight excluding hydrogens is 326 g/mol. The van der Waals surface area contributed by atoms with E-state index in [4.69, 9.17) is 5.73 Å². The molecule has 1 rings (SSSR count). The summed E-state index contributed by atoms with van der Waals surface area (Å²) in [7, 11) is -3.53. The second-order valence-electron chi connectivity index (χ2n) is 5.35. The van der Waals surface area contributed by atoms with E-state index in [1.54, 1.807) is 13.8 Å². The first kappa shape index (κ1) is 20.9. The van der Waals surface area contributed by atoms with Crippen molar-refractivity contribution in [3.63, 3.8) is 0 Å². The lowest BCUT2D eigenvalue weighted by Gasteiger charge is -2.11. The summed E-state index contributed by atoms with van der Waals surface area (Å²) in [4.78, 5) is 12.0. The fourth-order valence-corrected chi connectivity index (χ4v) is 2.87. The quantitative estimate of drug-likeness (QED) is 0.686. The van der Waals surface area contributed by atoms with Gasteiger partial charge in [0.15, 0.2) is 0 Å². The first-order chi connectivity index (χ1) is 9.76. The molecule has 126 valence electrons. The molecule has 22 heavy (non-hydrogen) atoms. The Morgan fingerprint density at radius 2 is 1.73 bits per heavy atom. The van der Waals surface area contributed by atoms with Crippen LogP contribution in [0.2, 0.25) is 0 Å². The highest BCUT2D eigenvalue weighted by molar-refractivity contribution is 7.89. The predicted octanol–water partition coefficient (Wildman–Crippen LogP) is 1.12. The van der Waals surface area contributed by atoms with Crippen LogP contribution in [0.5, 0.6) is 0 Å². The van der Waals surface area contributed by atoms with Crippen LogP contribution >= 0.6 is 12.4 Å². The zero-order chi connectivity index (χ0) is 16.0. The normalized spacial score (nSPS) is 12.6. The van der Waals surface area contributed by atoms with Gasteiger partial charge >= 0.3 is 0 Å². The maximum absolute atomic E-state index is 12.0. The number of nitrogens with two attached hydrogens (primary N) is 1. The summed E-state index contributed by atoms with van der Waals surface area (Å²) in [6.07, 6.45) is 0. The largest absolute Gasteiger partial charge is 0.352 e. The topological polar surface area (TPSA) is 101 Å². The van der Waals surface area contributed by atoms with Crippen molar-refractivity contribution in [2.75, 3.05) is 13.1 Å². The lowest BCUT2D eigenvalue weighted by atomic mass is 10.1. The number of nitrogens with one attached hydrogen (secondary N) is 2. The summed E-state index contributed by atoms with van der Waals surface area (Å²) in [6.45, 7) is 6.42. The van der Waals surface area contributed by atoms with Crippen molar-refractivity contribution in [3.05, 3.63) is 29.8 Å². The smallest absolute Gasteiger partial charge is 0.251 e. The summed E-state index contributed by atoms with van der Waals surface area (Å²) in [5.41, 5.74) is 5.90.